The van der Waals surface area contributed by atoms with Crippen LogP contribution in [0.2, 0.25) is 0 Å². The van der Waals surface area contributed by atoms with Crippen LogP contribution in [0.15, 0.2) is 133 Å². The normalized spacial score (nSPS) is 10.2. The molecule has 168 valence electrons. The molecular formula is C33H31N. The van der Waals surface area contributed by atoms with E-state index < -0.39 is 0 Å². The molecule has 0 N–H and O–H groups in total. The molecule has 0 heterocycles. The summed E-state index contributed by atoms with van der Waals surface area (Å²) in [5, 5.41) is 0. The zero-order chi connectivity index (χ0) is 23.8. The number of rotatable bonds is 5. The van der Waals surface area contributed by atoms with Gasteiger partial charge >= 0.3 is 0 Å². The van der Waals surface area contributed by atoms with Crippen molar-refractivity contribution in [3.8, 4) is 22.3 Å². The van der Waals surface area contributed by atoms with Gasteiger partial charge in [-0.25, -0.2) is 0 Å². The maximum absolute atomic E-state index is 2.31. The fourth-order valence-electron chi connectivity index (χ4n) is 4.01. The predicted molar refractivity (Wildman–Crippen MR) is 148 cm³/mol. The van der Waals surface area contributed by atoms with E-state index in [2.05, 4.69) is 145 Å². The van der Waals surface area contributed by atoms with Gasteiger partial charge in [-0.1, -0.05) is 116 Å². The fourth-order valence-corrected chi connectivity index (χ4v) is 4.01. The molecule has 0 atom stereocenters. The molecule has 0 unspecified atom stereocenters. The van der Waals surface area contributed by atoms with Gasteiger partial charge in [-0.05, 0) is 65.6 Å². The smallest absolute Gasteiger partial charge is 0.0462 e. The second kappa shape index (κ2) is 11.2. The van der Waals surface area contributed by atoms with Gasteiger partial charge in [-0.3, -0.25) is 0 Å². The van der Waals surface area contributed by atoms with Crippen molar-refractivity contribution in [2.75, 3.05) is 4.90 Å². The molecule has 0 saturated heterocycles. The maximum atomic E-state index is 2.31. The first-order valence-electron chi connectivity index (χ1n) is 12.0. The monoisotopic (exact) mass is 441 g/mol. The zero-order valence-electron chi connectivity index (χ0n) is 20.1. The number of nitrogens with zero attached hydrogens (tertiary/aromatic N) is 1. The average molecular weight is 442 g/mol. The summed E-state index contributed by atoms with van der Waals surface area (Å²) in [4.78, 5) is 2.31. The van der Waals surface area contributed by atoms with Crippen LogP contribution in [0.4, 0.5) is 17.1 Å². The SMILES string of the molecule is CC.Cc1ccc(N(c2ccc(-c3ccccc3)cc2)c2ccc(-c3ccccc3)cc2)cc1. The Morgan fingerprint density at radius 3 is 1.00 bits per heavy atom. The summed E-state index contributed by atoms with van der Waals surface area (Å²) in [5.41, 5.74) is 9.58. The molecule has 5 rings (SSSR count). The van der Waals surface area contributed by atoms with E-state index in [-0.39, 0.29) is 0 Å². The molecule has 0 radical (unpaired) electrons. The lowest BCUT2D eigenvalue weighted by atomic mass is 10.0. The van der Waals surface area contributed by atoms with Crippen molar-refractivity contribution < 1.29 is 0 Å². The van der Waals surface area contributed by atoms with Crippen LogP contribution in [0.3, 0.4) is 0 Å². The molecule has 0 spiro atoms. The van der Waals surface area contributed by atoms with Crippen molar-refractivity contribution >= 4 is 17.1 Å². The van der Waals surface area contributed by atoms with E-state index in [1.54, 1.807) is 0 Å². The lowest BCUT2D eigenvalue weighted by molar-refractivity contribution is 1.27. The highest BCUT2D eigenvalue weighted by molar-refractivity contribution is 5.79. The van der Waals surface area contributed by atoms with Gasteiger partial charge in [0.25, 0.3) is 0 Å². The molecule has 1 nitrogen and oxygen atoms in total. The molecule has 0 aliphatic rings. The van der Waals surface area contributed by atoms with E-state index in [4.69, 9.17) is 0 Å². The molecule has 5 aromatic carbocycles. The second-order valence-electron chi connectivity index (χ2n) is 8.00. The van der Waals surface area contributed by atoms with Gasteiger partial charge in [0.05, 0.1) is 0 Å². The summed E-state index contributed by atoms with van der Waals surface area (Å²) < 4.78 is 0. The molecule has 0 aliphatic carbocycles. The third kappa shape index (κ3) is 5.27. The topological polar surface area (TPSA) is 3.24 Å². The van der Waals surface area contributed by atoms with E-state index in [1.165, 1.54) is 27.8 Å². The number of anilines is 3. The lowest BCUT2D eigenvalue weighted by Crippen LogP contribution is -2.09. The molecule has 5 aromatic rings. The van der Waals surface area contributed by atoms with Crippen molar-refractivity contribution in [1.82, 2.24) is 0 Å². The minimum Gasteiger partial charge on any atom is -0.311 e. The Balaban J connectivity index is 0.00000133. The summed E-state index contributed by atoms with van der Waals surface area (Å²) in [6.45, 7) is 6.12. The van der Waals surface area contributed by atoms with Crippen molar-refractivity contribution in [2.45, 2.75) is 20.8 Å². The van der Waals surface area contributed by atoms with Crippen LogP contribution in [-0.4, -0.2) is 0 Å². The van der Waals surface area contributed by atoms with Gasteiger partial charge in [-0.15, -0.1) is 0 Å². The number of hydrogen-bond donors (Lipinski definition) is 0. The van der Waals surface area contributed by atoms with E-state index in [9.17, 15) is 0 Å². The average Bonchev–Trinajstić information content (AvgIpc) is 2.93. The first-order chi connectivity index (χ1) is 16.8. The molecule has 0 fully saturated rings. The Bertz CT molecular complexity index is 1190. The van der Waals surface area contributed by atoms with E-state index in [0.717, 1.165) is 17.1 Å². The maximum Gasteiger partial charge on any atom is 0.0462 e. The van der Waals surface area contributed by atoms with Crippen molar-refractivity contribution in [2.24, 2.45) is 0 Å². The van der Waals surface area contributed by atoms with Crippen LogP contribution in [-0.2, 0) is 0 Å². The molecule has 0 saturated carbocycles. The van der Waals surface area contributed by atoms with Crippen LogP contribution in [0.5, 0.6) is 0 Å². The number of benzene rings is 5. The number of hydrogen-bond acceptors (Lipinski definition) is 1. The van der Waals surface area contributed by atoms with Crippen molar-refractivity contribution in [3.05, 3.63) is 139 Å². The summed E-state index contributed by atoms with van der Waals surface area (Å²) in [6.07, 6.45) is 0. The van der Waals surface area contributed by atoms with Crippen LogP contribution >= 0.6 is 0 Å². The Morgan fingerprint density at radius 2 is 0.647 bits per heavy atom. The molecule has 0 aliphatic heterocycles. The van der Waals surface area contributed by atoms with Gasteiger partial charge in [0.2, 0.25) is 0 Å². The van der Waals surface area contributed by atoms with Crippen molar-refractivity contribution in [3.63, 3.8) is 0 Å². The Kier molecular flexibility index (Phi) is 7.57. The van der Waals surface area contributed by atoms with Gasteiger partial charge in [0.15, 0.2) is 0 Å². The third-order valence-corrected chi connectivity index (χ3v) is 5.76. The lowest BCUT2D eigenvalue weighted by Gasteiger charge is -2.26. The van der Waals surface area contributed by atoms with Crippen molar-refractivity contribution in [1.29, 1.82) is 0 Å². The predicted octanol–water partition coefficient (Wildman–Crippen LogP) is 9.83. The molecule has 0 bridgehead atoms. The van der Waals surface area contributed by atoms with Gasteiger partial charge in [-0.2, -0.15) is 0 Å². The van der Waals surface area contributed by atoms with E-state index in [0.29, 0.717) is 0 Å². The Hall–Kier alpha value is -4.10. The highest BCUT2D eigenvalue weighted by Gasteiger charge is 2.13. The van der Waals surface area contributed by atoms with Crippen LogP contribution in [0.1, 0.15) is 19.4 Å². The molecular weight excluding hydrogens is 410 g/mol. The van der Waals surface area contributed by atoms with Gasteiger partial charge < -0.3 is 4.90 Å². The molecule has 0 amide bonds. The first kappa shape index (κ1) is 23.1. The van der Waals surface area contributed by atoms with Crippen LogP contribution in [0, 0.1) is 6.92 Å². The molecule has 34 heavy (non-hydrogen) atoms. The first-order valence-corrected chi connectivity index (χ1v) is 12.0. The van der Waals surface area contributed by atoms with Gasteiger partial charge in [0.1, 0.15) is 0 Å². The highest BCUT2D eigenvalue weighted by Crippen LogP contribution is 2.36. The number of aryl methyl sites for hydroxylation is 1. The minimum absolute atomic E-state index is 1.14. The standard InChI is InChI=1S/C31H25N.C2H6/c1-24-12-18-29(19-13-24)32(30-20-14-27(15-21-30)25-8-4-2-5-9-25)31-22-16-28(17-23-31)26-10-6-3-7-11-26;1-2/h2-23H,1H3;1-2H3. The van der Waals surface area contributed by atoms with Crippen LogP contribution < -0.4 is 4.90 Å². The molecule has 0 aromatic heterocycles. The minimum atomic E-state index is 1.14. The Morgan fingerprint density at radius 1 is 0.353 bits per heavy atom. The summed E-state index contributed by atoms with van der Waals surface area (Å²) >= 11 is 0. The fraction of sp³-hybridized carbons (Fsp3) is 0.0909. The summed E-state index contributed by atoms with van der Waals surface area (Å²) in [5.74, 6) is 0. The summed E-state index contributed by atoms with van der Waals surface area (Å²) in [6, 6.07) is 47.3. The van der Waals surface area contributed by atoms with Crippen LogP contribution in [0.25, 0.3) is 22.3 Å². The second-order valence-corrected chi connectivity index (χ2v) is 8.00. The third-order valence-electron chi connectivity index (χ3n) is 5.76. The van der Waals surface area contributed by atoms with E-state index in [1.807, 2.05) is 13.8 Å². The van der Waals surface area contributed by atoms with Gasteiger partial charge in [0, 0.05) is 17.1 Å². The zero-order valence-corrected chi connectivity index (χ0v) is 20.1. The quantitative estimate of drug-likeness (QED) is 0.262. The van der Waals surface area contributed by atoms with E-state index >= 15 is 0 Å². The molecule has 1 heteroatoms. The Labute approximate surface area is 204 Å². The summed E-state index contributed by atoms with van der Waals surface area (Å²) in [7, 11) is 0. The highest BCUT2D eigenvalue weighted by atomic mass is 15.1. The largest absolute Gasteiger partial charge is 0.311 e.